The maximum atomic E-state index is 13.5. The van der Waals surface area contributed by atoms with E-state index < -0.39 is 35.7 Å². The third-order valence-corrected chi connectivity index (χ3v) is 5.53. The number of nitrogens with two attached hydrogens (primary N) is 2. The molecule has 0 aliphatic rings. The molecule has 0 aliphatic carbocycles. The topological polar surface area (TPSA) is 137 Å². The summed E-state index contributed by atoms with van der Waals surface area (Å²) in [6, 6.07) is 10.6. The zero-order valence-electron chi connectivity index (χ0n) is 20.4. The number of methoxy groups -OCH3 is 1. The molecule has 0 bridgehead atoms. The molecule has 0 saturated carbocycles. The standard InChI is InChI=1S/C26H32F2N4O4/c1-16(4-13-23(29)33)31-22(15-18-7-11-20(36-3)12-8-18)25(35)32-21(24(30)34)14-17-5-9-19(10-6-17)26(2,27)28/h5-12,21-22,31H,1,4,13-15H2,2-3H3,(H2,29,33)(H2,30,34)(H,32,35)/t21-,22+/m0/s1. The highest BCUT2D eigenvalue weighted by Crippen LogP contribution is 2.27. The van der Waals surface area contributed by atoms with Gasteiger partial charge in [-0.25, -0.2) is 8.78 Å². The molecule has 2 atom stereocenters. The van der Waals surface area contributed by atoms with Gasteiger partial charge in [0.25, 0.3) is 5.92 Å². The molecule has 6 N–H and O–H groups in total. The lowest BCUT2D eigenvalue weighted by Crippen LogP contribution is -2.53. The molecule has 0 unspecified atom stereocenters. The van der Waals surface area contributed by atoms with Gasteiger partial charge in [0.1, 0.15) is 17.8 Å². The van der Waals surface area contributed by atoms with E-state index in [9.17, 15) is 23.2 Å². The fourth-order valence-electron chi connectivity index (χ4n) is 3.46. The van der Waals surface area contributed by atoms with Gasteiger partial charge in [0.05, 0.1) is 7.11 Å². The van der Waals surface area contributed by atoms with Crippen molar-refractivity contribution in [2.24, 2.45) is 11.5 Å². The summed E-state index contributed by atoms with van der Waals surface area (Å²) < 4.78 is 32.1. The second-order valence-electron chi connectivity index (χ2n) is 8.57. The number of ether oxygens (including phenoxy) is 1. The fraction of sp³-hybridized carbons (Fsp3) is 0.346. The lowest BCUT2D eigenvalue weighted by atomic mass is 10.0. The van der Waals surface area contributed by atoms with Gasteiger partial charge in [-0.3, -0.25) is 14.4 Å². The molecule has 10 heteroatoms. The molecular weight excluding hydrogens is 470 g/mol. The van der Waals surface area contributed by atoms with E-state index in [0.29, 0.717) is 17.0 Å². The van der Waals surface area contributed by atoms with E-state index in [1.54, 1.807) is 31.4 Å². The Morgan fingerprint density at radius 3 is 1.92 bits per heavy atom. The molecule has 0 saturated heterocycles. The molecule has 8 nitrogen and oxygen atoms in total. The van der Waals surface area contributed by atoms with Crippen LogP contribution in [0.2, 0.25) is 0 Å². The normalized spacial score (nSPS) is 12.8. The van der Waals surface area contributed by atoms with Crippen LogP contribution in [0.5, 0.6) is 5.75 Å². The van der Waals surface area contributed by atoms with E-state index in [1.165, 1.54) is 24.3 Å². The first kappa shape index (κ1) is 28.3. The van der Waals surface area contributed by atoms with Gasteiger partial charge in [-0.1, -0.05) is 43.0 Å². The van der Waals surface area contributed by atoms with E-state index in [0.717, 1.165) is 12.5 Å². The van der Waals surface area contributed by atoms with Crippen LogP contribution < -0.4 is 26.8 Å². The zero-order chi connectivity index (χ0) is 26.9. The number of rotatable bonds is 14. The molecule has 194 valence electrons. The summed E-state index contributed by atoms with van der Waals surface area (Å²) in [6.45, 7) is 4.65. The molecule has 2 aromatic carbocycles. The summed E-state index contributed by atoms with van der Waals surface area (Å²) in [6.07, 6.45) is 0.542. The van der Waals surface area contributed by atoms with Crippen molar-refractivity contribution < 1.29 is 27.9 Å². The molecule has 2 aromatic rings. The van der Waals surface area contributed by atoms with Crippen LogP contribution in [0.4, 0.5) is 8.78 Å². The van der Waals surface area contributed by atoms with Crippen LogP contribution in [0, 0.1) is 0 Å². The van der Waals surface area contributed by atoms with Gasteiger partial charge in [-0.2, -0.15) is 0 Å². The van der Waals surface area contributed by atoms with Crippen LogP contribution in [-0.2, 0) is 33.1 Å². The Morgan fingerprint density at radius 2 is 1.44 bits per heavy atom. The lowest BCUT2D eigenvalue weighted by Gasteiger charge is -2.24. The van der Waals surface area contributed by atoms with Crippen molar-refractivity contribution in [3.05, 3.63) is 77.5 Å². The van der Waals surface area contributed by atoms with Crippen molar-refractivity contribution in [2.75, 3.05) is 7.11 Å². The molecule has 0 aromatic heterocycles. The monoisotopic (exact) mass is 502 g/mol. The SMILES string of the molecule is C=C(CCC(N)=O)N[C@H](Cc1ccc(OC)cc1)C(=O)N[C@@H](Cc1ccc(C(C)(F)F)cc1)C(N)=O. The summed E-state index contributed by atoms with van der Waals surface area (Å²) >= 11 is 0. The maximum absolute atomic E-state index is 13.5. The minimum Gasteiger partial charge on any atom is -0.497 e. The molecule has 36 heavy (non-hydrogen) atoms. The number of halogens is 2. The van der Waals surface area contributed by atoms with E-state index >= 15 is 0 Å². The largest absolute Gasteiger partial charge is 0.497 e. The molecular formula is C26H32F2N4O4. The highest BCUT2D eigenvalue weighted by Gasteiger charge is 2.27. The van der Waals surface area contributed by atoms with Crippen LogP contribution in [0.15, 0.2) is 60.8 Å². The number of carbonyl (C=O) groups excluding carboxylic acids is 3. The Labute approximate surface area is 209 Å². The van der Waals surface area contributed by atoms with Gasteiger partial charge in [0.15, 0.2) is 0 Å². The minimum absolute atomic E-state index is 0.0223. The third-order valence-electron chi connectivity index (χ3n) is 5.53. The summed E-state index contributed by atoms with van der Waals surface area (Å²) in [7, 11) is 1.54. The van der Waals surface area contributed by atoms with E-state index in [1.807, 2.05) is 0 Å². The molecule has 2 rings (SSSR count). The Balaban J connectivity index is 2.17. The molecule has 0 spiro atoms. The maximum Gasteiger partial charge on any atom is 0.270 e. The summed E-state index contributed by atoms with van der Waals surface area (Å²) in [5.74, 6) is -4.14. The molecule has 0 fully saturated rings. The van der Waals surface area contributed by atoms with Crippen molar-refractivity contribution in [3.63, 3.8) is 0 Å². The summed E-state index contributed by atoms with van der Waals surface area (Å²) in [5, 5.41) is 5.64. The molecule has 0 aliphatic heterocycles. The lowest BCUT2D eigenvalue weighted by molar-refractivity contribution is -0.128. The van der Waals surface area contributed by atoms with Crippen molar-refractivity contribution in [2.45, 2.75) is 50.6 Å². The highest BCUT2D eigenvalue weighted by molar-refractivity contribution is 5.89. The van der Waals surface area contributed by atoms with Gasteiger partial charge in [-0.15, -0.1) is 0 Å². The van der Waals surface area contributed by atoms with Crippen LogP contribution >= 0.6 is 0 Å². The molecule has 3 amide bonds. The Morgan fingerprint density at radius 1 is 0.917 bits per heavy atom. The van der Waals surface area contributed by atoms with Crippen molar-refractivity contribution in [1.29, 1.82) is 0 Å². The smallest absolute Gasteiger partial charge is 0.270 e. The average Bonchev–Trinajstić information content (AvgIpc) is 2.82. The van der Waals surface area contributed by atoms with Crippen molar-refractivity contribution in [3.8, 4) is 5.75 Å². The Kier molecular flexibility index (Phi) is 9.95. The van der Waals surface area contributed by atoms with Crippen LogP contribution in [0.3, 0.4) is 0 Å². The van der Waals surface area contributed by atoms with Crippen LogP contribution in [-0.4, -0.2) is 36.9 Å². The van der Waals surface area contributed by atoms with Crippen LogP contribution in [0.25, 0.3) is 0 Å². The number of amides is 3. The summed E-state index contributed by atoms with van der Waals surface area (Å²) in [5.41, 5.74) is 12.3. The molecule has 0 radical (unpaired) electrons. The number of allylic oxidation sites excluding steroid dienone is 1. The highest BCUT2D eigenvalue weighted by atomic mass is 19.3. The molecule has 0 heterocycles. The number of carbonyl (C=O) groups is 3. The fourth-order valence-corrected chi connectivity index (χ4v) is 3.46. The van der Waals surface area contributed by atoms with Crippen molar-refractivity contribution in [1.82, 2.24) is 10.6 Å². The summed E-state index contributed by atoms with van der Waals surface area (Å²) in [4.78, 5) is 36.4. The number of hydrogen-bond donors (Lipinski definition) is 4. The number of alkyl halides is 2. The number of primary amides is 2. The van der Waals surface area contributed by atoms with Gasteiger partial charge in [0.2, 0.25) is 17.7 Å². The van der Waals surface area contributed by atoms with Gasteiger partial charge < -0.3 is 26.8 Å². The first-order chi connectivity index (χ1) is 16.9. The first-order valence-corrected chi connectivity index (χ1v) is 11.3. The first-order valence-electron chi connectivity index (χ1n) is 11.3. The number of benzene rings is 2. The predicted octanol–water partition coefficient (Wildman–Crippen LogP) is 2.30. The Bertz CT molecular complexity index is 1070. The van der Waals surface area contributed by atoms with Gasteiger partial charge in [0, 0.05) is 37.4 Å². The quantitative estimate of drug-likeness (QED) is 0.314. The zero-order valence-corrected chi connectivity index (χ0v) is 20.4. The Hall–Kier alpha value is -3.95. The second kappa shape index (κ2) is 12.7. The minimum atomic E-state index is -2.99. The third kappa shape index (κ3) is 9.01. The van der Waals surface area contributed by atoms with E-state index in [2.05, 4.69) is 17.2 Å². The van der Waals surface area contributed by atoms with E-state index in [-0.39, 0.29) is 31.2 Å². The van der Waals surface area contributed by atoms with Gasteiger partial charge >= 0.3 is 0 Å². The van der Waals surface area contributed by atoms with Crippen LogP contribution in [0.1, 0.15) is 36.5 Å². The van der Waals surface area contributed by atoms with Crippen molar-refractivity contribution >= 4 is 17.7 Å². The average molecular weight is 503 g/mol. The second-order valence-corrected chi connectivity index (χ2v) is 8.57. The predicted molar refractivity (Wildman–Crippen MR) is 132 cm³/mol. The number of hydrogen-bond acceptors (Lipinski definition) is 5. The van der Waals surface area contributed by atoms with Gasteiger partial charge in [-0.05, 0) is 29.7 Å². The van der Waals surface area contributed by atoms with E-state index in [4.69, 9.17) is 16.2 Å². The number of nitrogens with one attached hydrogen (secondary N) is 2.